The van der Waals surface area contributed by atoms with E-state index in [1.54, 1.807) is 60.7 Å². The lowest BCUT2D eigenvalue weighted by Gasteiger charge is -2.19. The summed E-state index contributed by atoms with van der Waals surface area (Å²) in [6.45, 7) is 0.987. The van der Waals surface area contributed by atoms with Crippen molar-refractivity contribution >= 4 is 58.3 Å². The number of fused-ring (bicyclic) bond motifs is 1. The zero-order valence-electron chi connectivity index (χ0n) is 21.2. The topological polar surface area (TPSA) is 106 Å². The van der Waals surface area contributed by atoms with Crippen molar-refractivity contribution in [2.75, 3.05) is 29.6 Å². The van der Waals surface area contributed by atoms with Gasteiger partial charge in [0.1, 0.15) is 18.9 Å². The van der Waals surface area contributed by atoms with Gasteiger partial charge in [-0.2, -0.15) is 0 Å². The fourth-order valence-electron chi connectivity index (χ4n) is 3.76. The Morgan fingerprint density at radius 1 is 0.825 bits per heavy atom. The number of thioether (sulfide) groups is 1. The molecule has 0 fully saturated rings. The van der Waals surface area contributed by atoms with Crippen molar-refractivity contribution in [2.45, 2.75) is 4.90 Å². The van der Waals surface area contributed by atoms with Gasteiger partial charge in [0.2, 0.25) is 5.91 Å². The second kappa shape index (κ2) is 13.0. The normalized spacial score (nSPS) is 12.3. The fraction of sp³-hybridized carbons (Fsp3) is 0.100. The van der Waals surface area contributed by atoms with Crippen LogP contribution in [-0.4, -0.2) is 36.7 Å². The first-order chi connectivity index (χ1) is 19.5. The largest absolute Gasteiger partial charge is 0.486 e. The molecule has 3 aromatic carbocycles. The Morgan fingerprint density at radius 3 is 2.33 bits per heavy atom. The SMILES string of the molecule is O=C(CSc1ccc(NC(=O)C(=Cc2cccs2)NC(=O)c2ccccc2)cc1)Nc1ccc2c(c1)OCCO2. The maximum atomic E-state index is 13.1. The van der Waals surface area contributed by atoms with E-state index in [4.69, 9.17) is 9.47 Å². The Kier molecular flexibility index (Phi) is 8.79. The Hall–Kier alpha value is -4.54. The molecular weight excluding hydrogens is 546 g/mol. The molecule has 1 aliphatic rings. The predicted molar refractivity (Wildman–Crippen MR) is 158 cm³/mol. The van der Waals surface area contributed by atoms with Crippen LogP contribution in [0.15, 0.2) is 101 Å². The number of carbonyl (C=O) groups is 3. The number of hydrogen-bond acceptors (Lipinski definition) is 7. The minimum absolute atomic E-state index is 0.130. The molecule has 0 aliphatic carbocycles. The van der Waals surface area contributed by atoms with Crippen LogP contribution in [-0.2, 0) is 9.59 Å². The Bertz CT molecular complexity index is 1520. The molecular formula is C30H25N3O5S2. The molecule has 3 amide bonds. The van der Waals surface area contributed by atoms with Crippen LogP contribution in [0.25, 0.3) is 6.08 Å². The van der Waals surface area contributed by atoms with Crippen molar-refractivity contribution in [1.29, 1.82) is 0 Å². The highest BCUT2D eigenvalue weighted by Gasteiger charge is 2.16. The third kappa shape index (κ3) is 7.31. The molecule has 2 heterocycles. The molecule has 1 aliphatic heterocycles. The number of nitrogens with one attached hydrogen (secondary N) is 3. The van der Waals surface area contributed by atoms with Crippen LogP contribution in [0.5, 0.6) is 11.5 Å². The van der Waals surface area contributed by atoms with Crippen molar-refractivity contribution in [3.63, 3.8) is 0 Å². The molecule has 4 aromatic rings. The van der Waals surface area contributed by atoms with Gasteiger partial charge in [-0.3, -0.25) is 14.4 Å². The van der Waals surface area contributed by atoms with Gasteiger partial charge in [-0.15, -0.1) is 23.1 Å². The first-order valence-corrected chi connectivity index (χ1v) is 14.3. The highest BCUT2D eigenvalue weighted by Crippen LogP contribution is 2.32. The summed E-state index contributed by atoms with van der Waals surface area (Å²) in [6, 6.07) is 24.9. The summed E-state index contributed by atoms with van der Waals surface area (Å²) in [7, 11) is 0. The maximum Gasteiger partial charge on any atom is 0.272 e. The molecule has 5 rings (SSSR count). The number of ether oxygens (including phenoxy) is 2. The van der Waals surface area contributed by atoms with Crippen molar-refractivity contribution in [2.24, 2.45) is 0 Å². The van der Waals surface area contributed by atoms with Crippen molar-refractivity contribution in [1.82, 2.24) is 5.32 Å². The molecule has 0 bridgehead atoms. The second-order valence-corrected chi connectivity index (χ2v) is 10.6. The summed E-state index contributed by atoms with van der Waals surface area (Å²) < 4.78 is 11.1. The third-order valence-corrected chi connectivity index (χ3v) is 7.50. The molecule has 40 heavy (non-hydrogen) atoms. The fourth-order valence-corrected chi connectivity index (χ4v) is 5.11. The zero-order valence-corrected chi connectivity index (χ0v) is 22.8. The number of amides is 3. The molecule has 0 saturated heterocycles. The lowest BCUT2D eigenvalue weighted by molar-refractivity contribution is -0.114. The first-order valence-electron chi connectivity index (χ1n) is 12.4. The Balaban J connectivity index is 1.17. The van der Waals surface area contributed by atoms with Gasteiger partial charge in [-0.25, -0.2) is 0 Å². The Labute approximate surface area is 239 Å². The second-order valence-electron chi connectivity index (χ2n) is 8.57. The standard InChI is InChI=1S/C30H25N3O5S2/c34-28(31-22-10-13-26-27(17-22)38-15-14-37-26)19-40-23-11-8-21(9-12-23)32-30(36)25(18-24-7-4-16-39-24)33-29(35)20-5-2-1-3-6-20/h1-13,16-18H,14-15,19H2,(H,31,34)(H,32,36)(H,33,35). The van der Waals surface area contributed by atoms with E-state index < -0.39 is 5.91 Å². The van der Waals surface area contributed by atoms with E-state index in [0.717, 1.165) is 9.77 Å². The number of carbonyl (C=O) groups excluding carboxylic acids is 3. The van der Waals surface area contributed by atoms with Gasteiger partial charge < -0.3 is 25.4 Å². The summed E-state index contributed by atoms with van der Waals surface area (Å²) >= 11 is 2.83. The molecule has 1 aromatic heterocycles. The monoisotopic (exact) mass is 571 g/mol. The van der Waals surface area contributed by atoms with E-state index in [9.17, 15) is 14.4 Å². The maximum absolute atomic E-state index is 13.1. The molecule has 0 radical (unpaired) electrons. The van der Waals surface area contributed by atoms with Gasteiger partial charge in [0.25, 0.3) is 11.8 Å². The quantitative estimate of drug-likeness (QED) is 0.177. The van der Waals surface area contributed by atoms with Crippen LogP contribution in [0.3, 0.4) is 0 Å². The van der Waals surface area contributed by atoms with Gasteiger partial charge in [-0.1, -0.05) is 24.3 Å². The van der Waals surface area contributed by atoms with Gasteiger partial charge >= 0.3 is 0 Å². The van der Waals surface area contributed by atoms with E-state index in [2.05, 4.69) is 16.0 Å². The lowest BCUT2D eigenvalue weighted by Crippen LogP contribution is -2.30. The van der Waals surface area contributed by atoms with E-state index in [1.807, 2.05) is 35.7 Å². The highest BCUT2D eigenvalue weighted by molar-refractivity contribution is 8.00. The van der Waals surface area contributed by atoms with Gasteiger partial charge in [0, 0.05) is 32.8 Å². The third-order valence-electron chi connectivity index (χ3n) is 5.67. The predicted octanol–water partition coefficient (Wildman–Crippen LogP) is 5.66. The highest BCUT2D eigenvalue weighted by atomic mass is 32.2. The zero-order chi connectivity index (χ0) is 27.7. The van der Waals surface area contributed by atoms with E-state index in [1.165, 1.54) is 23.1 Å². The van der Waals surface area contributed by atoms with Gasteiger partial charge in [-0.05, 0) is 66.1 Å². The van der Waals surface area contributed by atoms with Gasteiger partial charge in [0.15, 0.2) is 11.5 Å². The summed E-state index contributed by atoms with van der Waals surface area (Å²) in [6.07, 6.45) is 1.64. The van der Waals surface area contributed by atoms with Crippen LogP contribution in [0.1, 0.15) is 15.2 Å². The summed E-state index contributed by atoms with van der Waals surface area (Å²) in [4.78, 5) is 40.0. The van der Waals surface area contributed by atoms with Crippen LogP contribution in [0.2, 0.25) is 0 Å². The minimum Gasteiger partial charge on any atom is -0.486 e. The Morgan fingerprint density at radius 2 is 1.57 bits per heavy atom. The number of benzene rings is 3. The van der Waals surface area contributed by atoms with Crippen LogP contribution < -0.4 is 25.4 Å². The molecule has 10 heteroatoms. The van der Waals surface area contributed by atoms with Crippen LogP contribution in [0, 0.1) is 0 Å². The van der Waals surface area contributed by atoms with E-state index in [-0.39, 0.29) is 23.3 Å². The molecule has 202 valence electrons. The molecule has 3 N–H and O–H groups in total. The van der Waals surface area contributed by atoms with Crippen LogP contribution in [0.4, 0.5) is 11.4 Å². The molecule has 0 atom stereocenters. The first kappa shape index (κ1) is 27.0. The molecule has 0 saturated carbocycles. The molecule has 8 nitrogen and oxygen atoms in total. The van der Waals surface area contributed by atoms with Crippen molar-refractivity contribution in [3.8, 4) is 11.5 Å². The van der Waals surface area contributed by atoms with Crippen LogP contribution >= 0.6 is 23.1 Å². The number of anilines is 2. The van der Waals surface area contributed by atoms with Crippen molar-refractivity contribution in [3.05, 3.63) is 106 Å². The smallest absolute Gasteiger partial charge is 0.272 e. The average Bonchev–Trinajstić information content (AvgIpc) is 3.50. The summed E-state index contributed by atoms with van der Waals surface area (Å²) in [5, 5.41) is 10.3. The summed E-state index contributed by atoms with van der Waals surface area (Å²) in [5.41, 5.74) is 1.78. The molecule has 0 spiro atoms. The summed E-state index contributed by atoms with van der Waals surface area (Å²) in [5.74, 6) is 0.508. The van der Waals surface area contributed by atoms with E-state index in [0.29, 0.717) is 41.7 Å². The number of rotatable bonds is 9. The minimum atomic E-state index is -0.447. The van der Waals surface area contributed by atoms with Gasteiger partial charge in [0.05, 0.1) is 5.75 Å². The molecule has 0 unspecified atom stereocenters. The lowest BCUT2D eigenvalue weighted by atomic mass is 10.2. The number of thiophene rings is 1. The van der Waals surface area contributed by atoms with E-state index >= 15 is 0 Å². The average molecular weight is 572 g/mol. The number of hydrogen-bond donors (Lipinski definition) is 3. The van der Waals surface area contributed by atoms with Crippen molar-refractivity contribution < 1.29 is 23.9 Å².